The van der Waals surface area contributed by atoms with Gasteiger partial charge in [-0.1, -0.05) is 30.3 Å². The van der Waals surface area contributed by atoms with Crippen LogP contribution in [0.15, 0.2) is 59.5 Å². The molecule has 3 aliphatic rings. The van der Waals surface area contributed by atoms with Crippen LogP contribution >= 0.6 is 0 Å². The second-order valence-corrected chi connectivity index (χ2v) is 9.37. The highest BCUT2D eigenvalue weighted by Crippen LogP contribution is 2.49. The molecule has 3 aliphatic heterocycles. The van der Waals surface area contributed by atoms with Crippen LogP contribution in [0.5, 0.6) is 0 Å². The molecule has 2 aromatic carbocycles. The van der Waals surface area contributed by atoms with E-state index in [0.29, 0.717) is 0 Å². The summed E-state index contributed by atoms with van der Waals surface area (Å²) < 4.78 is 51.1. The molecule has 3 saturated heterocycles. The smallest absolute Gasteiger partial charge is 0.269 e. The standard InChI is InChI=1S/C20H20N2O8S/c1-27-20-17-16(21(17)31(25,26)14-9-7-13(8-10-14)22(23)24)18-15(29-20)11-28-19(30-18)12-5-3-2-4-6-12/h2-10,15-20H,11H2,1H3/t15-,16+,17-,18-,19?,20+,21?/m1/s1. The van der Waals surface area contributed by atoms with Crippen molar-refractivity contribution < 1.29 is 32.3 Å². The molecule has 0 aliphatic carbocycles. The van der Waals surface area contributed by atoms with Gasteiger partial charge in [-0.25, -0.2) is 8.42 Å². The van der Waals surface area contributed by atoms with Crippen LogP contribution in [-0.2, 0) is 29.0 Å². The fourth-order valence-corrected chi connectivity index (χ4v) is 6.02. The summed E-state index contributed by atoms with van der Waals surface area (Å²) in [6.07, 6.45) is -2.42. The molecule has 31 heavy (non-hydrogen) atoms. The number of nitrogens with zero attached hydrogens (tertiary/aromatic N) is 2. The molecular weight excluding hydrogens is 428 g/mol. The van der Waals surface area contributed by atoms with Crippen LogP contribution in [0.25, 0.3) is 0 Å². The van der Waals surface area contributed by atoms with Crippen LogP contribution in [0.4, 0.5) is 5.69 Å². The summed E-state index contributed by atoms with van der Waals surface area (Å²) in [6.45, 7) is 0.235. The Morgan fingerprint density at radius 2 is 1.77 bits per heavy atom. The molecule has 0 aromatic heterocycles. The van der Waals surface area contributed by atoms with Crippen molar-refractivity contribution in [2.45, 2.75) is 41.8 Å². The van der Waals surface area contributed by atoms with Crippen LogP contribution in [0.1, 0.15) is 11.9 Å². The lowest BCUT2D eigenvalue weighted by Gasteiger charge is -2.40. The highest BCUT2D eigenvalue weighted by atomic mass is 32.2. The Morgan fingerprint density at radius 1 is 1.06 bits per heavy atom. The molecule has 5 rings (SSSR count). The molecule has 0 radical (unpaired) electrons. The van der Waals surface area contributed by atoms with Gasteiger partial charge in [0.2, 0.25) is 10.0 Å². The maximum Gasteiger partial charge on any atom is 0.269 e. The summed E-state index contributed by atoms with van der Waals surface area (Å²) >= 11 is 0. The number of nitro benzene ring substituents is 1. The number of fused-ring (bicyclic) bond motifs is 3. The predicted octanol–water partition coefficient (Wildman–Crippen LogP) is 1.82. The number of non-ortho nitro benzene ring substituents is 1. The van der Waals surface area contributed by atoms with E-state index in [1.54, 1.807) is 0 Å². The summed E-state index contributed by atoms with van der Waals surface area (Å²) in [7, 11) is -2.48. The zero-order chi connectivity index (χ0) is 21.8. The van der Waals surface area contributed by atoms with Gasteiger partial charge in [0.15, 0.2) is 12.6 Å². The second kappa shape index (κ2) is 7.62. The van der Waals surface area contributed by atoms with Gasteiger partial charge in [0.05, 0.1) is 28.5 Å². The lowest BCUT2D eigenvalue weighted by molar-refractivity contribution is -0.384. The molecular formula is C20H20N2O8S. The fraction of sp³-hybridized carbons (Fsp3) is 0.400. The Morgan fingerprint density at radius 3 is 2.42 bits per heavy atom. The molecule has 0 amide bonds. The van der Waals surface area contributed by atoms with Crippen molar-refractivity contribution in [1.82, 2.24) is 4.31 Å². The average Bonchev–Trinajstić information content (AvgIpc) is 3.56. The highest BCUT2D eigenvalue weighted by Gasteiger charge is 2.69. The molecule has 0 spiro atoms. The predicted molar refractivity (Wildman–Crippen MR) is 105 cm³/mol. The van der Waals surface area contributed by atoms with E-state index in [1.807, 2.05) is 30.3 Å². The number of hydrogen-bond donors (Lipinski definition) is 0. The SMILES string of the molecule is CO[C@H]1O[C@@H]2COC(c3ccccc3)O[C@H]2[C@@H]2[C@H]1N2S(=O)(=O)c1ccc([N+](=O)[O-])cc1. The number of rotatable bonds is 5. The van der Waals surface area contributed by atoms with Crippen molar-refractivity contribution in [3.05, 3.63) is 70.3 Å². The minimum Gasteiger partial charge on any atom is -0.354 e. The van der Waals surface area contributed by atoms with E-state index >= 15 is 0 Å². The topological polar surface area (TPSA) is 117 Å². The van der Waals surface area contributed by atoms with Gasteiger partial charge in [0.1, 0.15) is 12.2 Å². The van der Waals surface area contributed by atoms with Gasteiger partial charge >= 0.3 is 0 Å². The zero-order valence-corrected chi connectivity index (χ0v) is 17.3. The largest absolute Gasteiger partial charge is 0.354 e. The first kappa shape index (κ1) is 20.5. The summed E-state index contributed by atoms with van der Waals surface area (Å²) in [5.41, 5.74) is 0.649. The Kier molecular flexibility index (Phi) is 5.04. The summed E-state index contributed by atoms with van der Waals surface area (Å²) in [5.74, 6) is 0. The molecule has 7 atom stereocenters. The summed E-state index contributed by atoms with van der Waals surface area (Å²) in [5, 5.41) is 10.9. The van der Waals surface area contributed by atoms with Crippen LogP contribution in [0.3, 0.4) is 0 Å². The van der Waals surface area contributed by atoms with E-state index in [-0.39, 0.29) is 17.2 Å². The minimum atomic E-state index is -3.94. The Hall–Kier alpha value is -2.41. The molecule has 2 aromatic rings. The molecule has 0 saturated carbocycles. The van der Waals surface area contributed by atoms with Gasteiger partial charge in [-0.2, -0.15) is 4.31 Å². The molecule has 0 N–H and O–H groups in total. The summed E-state index contributed by atoms with van der Waals surface area (Å²) in [4.78, 5) is 10.3. The van der Waals surface area contributed by atoms with E-state index in [1.165, 1.54) is 35.7 Å². The Labute approximate surface area is 178 Å². The van der Waals surface area contributed by atoms with Crippen molar-refractivity contribution >= 4 is 15.7 Å². The van der Waals surface area contributed by atoms with Gasteiger partial charge < -0.3 is 18.9 Å². The lowest BCUT2D eigenvalue weighted by Crippen LogP contribution is -2.52. The van der Waals surface area contributed by atoms with Crippen molar-refractivity contribution in [3.8, 4) is 0 Å². The van der Waals surface area contributed by atoms with Gasteiger partial charge in [0.25, 0.3) is 5.69 Å². The second-order valence-electron chi connectivity index (χ2n) is 7.52. The quantitative estimate of drug-likeness (QED) is 0.386. The Bertz CT molecular complexity index is 1080. The molecule has 3 heterocycles. The molecule has 11 heteroatoms. The third kappa shape index (κ3) is 3.43. The van der Waals surface area contributed by atoms with Gasteiger partial charge in [-0.15, -0.1) is 0 Å². The van der Waals surface area contributed by atoms with E-state index < -0.39 is 51.8 Å². The number of nitro groups is 1. The van der Waals surface area contributed by atoms with E-state index in [0.717, 1.165) is 5.56 Å². The molecule has 10 nitrogen and oxygen atoms in total. The van der Waals surface area contributed by atoms with Gasteiger partial charge in [-0.3, -0.25) is 10.1 Å². The van der Waals surface area contributed by atoms with Crippen molar-refractivity contribution in [2.24, 2.45) is 0 Å². The van der Waals surface area contributed by atoms with Crippen LogP contribution in [0, 0.1) is 10.1 Å². The summed E-state index contributed by atoms with van der Waals surface area (Å²) in [6, 6.07) is 13.1. The van der Waals surface area contributed by atoms with Crippen molar-refractivity contribution in [1.29, 1.82) is 0 Å². The number of hydrogen-bond acceptors (Lipinski definition) is 8. The van der Waals surface area contributed by atoms with Gasteiger partial charge in [0, 0.05) is 24.8 Å². The van der Waals surface area contributed by atoms with E-state index in [4.69, 9.17) is 18.9 Å². The zero-order valence-electron chi connectivity index (χ0n) is 16.4. The lowest BCUT2D eigenvalue weighted by atomic mass is 10.0. The molecule has 2 unspecified atom stereocenters. The number of benzene rings is 2. The fourth-order valence-electron chi connectivity index (χ4n) is 4.25. The average molecular weight is 448 g/mol. The third-order valence-corrected chi connectivity index (χ3v) is 7.67. The minimum absolute atomic E-state index is 0.0365. The first-order valence-corrected chi connectivity index (χ1v) is 11.1. The van der Waals surface area contributed by atoms with Gasteiger partial charge in [-0.05, 0) is 12.1 Å². The molecule has 0 bridgehead atoms. The van der Waals surface area contributed by atoms with Crippen LogP contribution in [0.2, 0.25) is 0 Å². The number of sulfonamides is 1. The van der Waals surface area contributed by atoms with Crippen LogP contribution in [-0.4, -0.2) is 61.9 Å². The molecule has 164 valence electrons. The van der Waals surface area contributed by atoms with Crippen molar-refractivity contribution in [2.75, 3.05) is 13.7 Å². The monoisotopic (exact) mass is 448 g/mol. The Balaban J connectivity index is 1.42. The van der Waals surface area contributed by atoms with Crippen molar-refractivity contribution in [3.63, 3.8) is 0 Å². The third-order valence-electron chi connectivity index (χ3n) is 5.76. The maximum absolute atomic E-state index is 13.3. The maximum atomic E-state index is 13.3. The highest BCUT2D eigenvalue weighted by molar-refractivity contribution is 7.89. The van der Waals surface area contributed by atoms with E-state index in [2.05, 4.69) is 0 Å². The van der Waals surface area contributed by atoms with Crippen LogP contribution < -0.4 is 0 Å². The van der Waals surface area contributed by atoms with E-state index in [9.17, 15) is 18.5 Å². The first-order valence-electron chi connectivity index (χ1n) is 9.70. The first-order chi connectivity index (χ1) is 14.9. The normalized spacial score (nSPS) is 34.4. The number of methoxy groups -OCH3 is 1. The molecule has 3 fully saturated rings. The number of ether oxygens (including phenoxy) is 4.